The summed E-state index contributed by atoms with van der Waals surface area (Å²) in [6, 6.07) is 3.48. The molecule has 0 saturated heterocycles. The van der Waals surface area contributed by atoms with Gasteiger partial charge in [-0.3, -0.25) is 0 Å². The van der Waals surface area contributed by atoms with E-state index in [1.54, 1.807) is 12.1 Å². The van der Waals surface area contributed by atoms with Crippen molar-refractivity contribution in [3.8, 4) is 0 Å². The maximum atomic E-state index is 10.5. The van der Waals surface area contributed by atoms with Crippen LogP contribution in [0.1, 0.15) is 5.56 Å². The van der Waals surface area contributed by atoms with Gasteiger partial charge in [0.2, 0.25) is 0 Å². The molecule has 1 rings (SSSR count). The summed E-state index contributed by atoms with van der Waals surface area (Å²) < 4.78 is 0.734. The van der Waals surface area contributed by atoms with Crippen LogP contribution in [0, 0.1) is 5.21 Å². The summed E-state index contributed by atoms with van der Waals surface area (Å²) >= 11 is 5.45. The number of nitrogens with zero attached hydrogens (tertiary/aromatic N) is 1. The molecule has 0 aromatic carbocycles. The van der Waals surface area contributed by atoms with Crippen LogP contribution in [0.15, 0.2) is 24.5 Å². The minimum absolute atomic E-state index is 0.392. The maximum Gasteiger partial charge on any atom is 0.184 e. The number of alkyl halides is 1. The molecule has 0 amide bonds. The van der Waals surface area contributed by atoms with E-state index in [2.05, 4.69) is 0 Å². The van der Waals surface area contributed by atoms with Crippen LogP contribution >= 0.6 is 11.6 Å². The average Bonchev–Trinajstić information content (AvgIpc) is 1.88. The highest BCUT2D eigenvalue weighted by Gasteiger charge is 1.91. The third kappa shape index (κ3) is 1.57. The predicted molar refractivity (Wildman–Crippen MR) is 35.0 cm³/mol. The minimum atomic E-state index is 0.392. The summed E-state index contributed by atoms with van der Waals surface area (Å²) in [7, 11) is 0. The van der Waals surface area contributed by atoms with Crippen molar-refractivity contribution in [1.82, 2.24) is 0 Å². The zero-order valence-corrected chi connectivity index (χ0v) is 5.51. The van der Waals surface area contributed by atoms with E-state index in [4.69, 9.17) is 11.6 Å². The smallest absolute Gasteiger partial charge is 0.184 e. The van der Waals surface area contributed by atoms with E-state index < -0.39 is 0 Å². The first-order valence-corrected chi connectivity index (χ1v) is 3.10. The maximum absolute atomic E-state index is 10.5. The van der Waals surface area contributed by atoms with Gasteiger partial charge in [0.05, 0.1) is 5.88 Å². The SMILES string of the molecule is [O-][n+]1cccc(CCl)c1. The summed E-state index contributed by atoms with van der Waals surface area (Å²) in [4.78, 5) is 0. The fourth-order valence-corrected chi connectivity index (χ4v) is 0.738. The van der Waals surface area contributed by atoms with E-state index in [9.17, 15) is 5.21 Å². The van der Waals surface area contributed by atoms with Crippen LogP contribution in [-0.4, -0.2) is 0 Å². The molecule has 0 fully saturated rings. The van der Waals surface area contributed by atoms with Crippen molar-refractivity contribution >= 4 is 11.6 Å². The molecule has 1 aromatic rings. The molecule has 0 aliphatic heterocycles. The van der Waals surface area contributed by atoms with Crippen molar-refractivity contribution < 1.29 is 4.73 Å². The standard InChI is InChI=1S/C6H6ClNO/c7-4-6-2-1-3-8(9)5-6/h1-3,5H,4H2. The number of aromatic nitrogens is 1. The Morgan fingerprint density at radius 2 is 2.44 bits per heavy atom. The Morgan fingerprint density at radius 3 is 2.89 bits per heavy atom. The highest BCUT2D eigenvalue weighted by Crippen LogP contribution is 1.97. The quantitative estimate of drug-likeness (QED) is 0.328. The van der Waals surface area contributed by atoms with Gasteiger partial charge in [-0.2, -0.15) is 4.73 Å². The highest BCUT2D eigenvalue weighted by molar-refractivity contribution is 6.17. The van der Waals surface area contributed by atoms with Gasteiger partial charge in [0, 0.05) is 11.6 Å². The second-order valence-corrected chi connectivity index (χ2v) is 1.97. The molecule has 9 heavy (non-hydrogen) atoms. The number of hydrogen-bond donors (Lipinski definition) is 0. The molecular weight excluding hydrogens is 138 g/mol. The fourth-order valence-electron chi connectivity index (χ4n) is 0.580. The highest BCUT2D eigenvalue weighted by atomic mass is 35.5. The summed E-state index contributed by atoms with van der Waals surface area (Å²) in [6.45, 7) is 0. The van der Waals surface area contributed by atoms with E-state index in [1.165, 1.54) is 12.4 Å². The van der Waals surface area contributed by atoms with E-state index in [-0.39, 0.29) is 0 Å². The lowest BCUT2D eigenvalue weighted by Crippen LogP contribution is -2.24. The first-order valence-electron chi connectivity index (χ1n) is 2.56. The molecule has 0 unspecified atom stereocenters. The van der Waals surface area contributed by atoms with E-state index in [0.717, 1.165) is 10.3 Å². The fraction of sp³-hybridized carbons (Fsp3) is 0.167. The zero-order chi connectivity index (χ0) is 6.69. The molecule has 48 valence electrons. The lowest BCUT2D eigenvalue weighted by Gasteiger charge is -1.94. The van der Waals surface area contributed by atoms with Gasteiger partial charge in [0.15, 0.2) is 12.4 Å². The van der Waals surface area contributed by atoms with Crippen LogP contribution in [0.2, 0.25) is 0 Å². The molecule has 0 aliphatic carbocycles. The summed E-state index contributed by atoms with van der Waals surface area (Å²) in [5.41, 5.74) is 0.842. The molecule has 1 heterocycles. The molecule has 3 heteroatoms. The number of hydrogen-bond acceptors (Lipinski definition) is 1. The summed E-state index contributed by atoms with van der Waals surface area (Å²) in [5.74, 6) is 0.392. The van der Waals surface area contributed by atoms with Crippen LogP contribution in [0.25, 0.3) is 0 Å². The third-order valence-corrected chi connectivity index (χ3v) is 1.30. The van der Waals surface area contributed by atoms with Gasteiger partial charge in [0.1, 0.15) is 0 Å². The molecule has 0 spiro atoms. The zero-order valence-electron chi connectivity index (χ0n) is 4.75. The Labute approximate surface area is 58.3 Å². The van der Waals surface area contributed by atoms with Gasteiger partial charge in [0.25, 0.3) is 0 Å². The molecule has 1 aromatic heterocycles. The van der Waals surface area contributed by atoms with Crippen LogP contribution in [0.5, 0.6) is 0 Å². The molecule has 0 atom stereocenters. The second-order valence-electron chi connectivity index (χ2n) is 1.71. The van der Waals surface area contributed by atoms with E-state index >= 15 is 0 Å². The lowest BCUT2D eigenvalue weighted by atomic mass is 10.3. The monoisotopic (exact) mass is 143 g/mol. The van der Waals surface area contributed by atoms with Crippen LogP contribution < -0.4 is 4.73 Å². The average molecular weight is 144 g/mol. The topological polar surface area (TPSA) is 26.9 Å². The van der Waals surface area contributed by atoms with Crippen molar-refractivity contribution in [2.45, 2.75) is 5.88 Å². The normalized spacial score (nSPS) is 9.44. The first-order chi connectivity index (χ1) is 4.33. The van der Waals surface area contributed by atoms with E-state index in [1.807, 2.05) is 0 Å². The Hall–Kier alpha value is -0.760. The van der Waals surface area contributed by atoms with Crippen molar-refractivity contribution in [1.29, 1.82) is 0 Å². The Kier molecular flexibility index (Phi) is 1.90. The Bertz CT molecular complexity index is 202. The van der Waals surface area contributed by atoms with Crippen molar-refractivity contribution in [2.75, 3.05) is 0 Å². The van der Waals surface area contributed by atoms with Crippen LogP contribution in [0.3, 0.4) is 0 Å². The molecule has 0 bridgehead atoms. The minimum Gasteiger partial charge on any atom is -0.619 e. The number of rotatable bonds is 1. The lowest BCUT2D eigenvalue weighted by molar-refractivity contribution is -0.605. The van der Waals surface area contributed by atoms with Crippen molar-refractivity contribution in [2.24, 2.45) is 0 Å². The van der Waals surface area contributed by atoms with Gasteiger partial charge in [-0.1, -0.05) is 0 Å². The number of pyridine rings is 1. The summed E-state index contributed by atoms with van der Waals surface area (Å²) in [6.07, 6.45) is 2.88. The van der Waals surface area contributed by atoms with Gasteiger partial charge in [-0.25, -0.2) is 0 Å². The van der Waals surface area contributed by atoms with Gasteiger partial charge >= 0.3 is 0 Å². The molecule has 0 N–H and O–H groups in total. The van der Waals surface area contributed by atoms with Crippen LogP contribution in [0.4, 0.5) is 0 Å². The molecule has 0 aliphatic rings. The molecule has 0 radical (unpaired) electrons. The van der Waals surface area contributed by atoms with Crippen LogP contribution in [-0.2, 0) is 5.88 Å². The first kappa shape index (κ1) is 6.36. The molecular formula is C6H6ClNO. The molecule has 0 saturated carbocycles. The second kappa shape index (κ2) is 2.69. The van der Waals surface area contributed by atoms with Crippen molar-refractivity contribution in [3.63, 3.8) is 0 Å². The third-order valence-electron chi connectivity index (χ3n) is 0.991. The van der Waals surface area contributed by atoms with Gasteiger partial charge in [-0.15, -0.1) is 11.6 Å². The van der Waals surface area contributed by atoms with Gasteiger partial charge in [-0.05, 0) is 6.07 Å². The Balaban J connectivity index is 2.94. The largest absolute Gasteiger partial charge is 0.619 e. The number of halogens is 1. The van der Waals surface area contributed by atoms with E-state index in [0.29, 0.717) is 5.88 Å². The summed E-state index contributed by atoms with van der Waals surface area (Å²) in [5, 5.41) is 10.5. The van der Waals surface area contributed by atoms with Crippen molar-refractivity contribution in [3.05, 3.63) is 35.3 Å². The Morgan fingerprint density at radius 1 is 1.67 bits per heavy atom. The molecule has 2 nitrogen and oxygen atoms in total. The predicted octanol–water partition coefficient (Wildman–Crippen LogP) is 1.06. The van der Waals surface area contributed by atoms with Gasteiger partial charge < -0.3 is 5.21 Å².